The minimum Gasteiger partial charge on any atom is -0.466 e. The zero-order valence-corrected chi connectivity index (χ0v) is 16.1. The van der Waals surface area contributed by atoms with Crippen LogP contribution in [0.4, 0.5) is 4.39 Å². The first-order valence-corrected chi connectivity index (χ1v) is 9.95. The highest BCUT2D eigenvalue weighted by Gasteiger charge is 2.45. The van der Waals surface area contributed by atoms with E-state index >= 15 is 0 Å². The van der Waals surface area contributed by atoms with Crippen LogP contribution in [0.2, 0.25) is 5.15 Å². The molecule has 0 amide bonds. The monoisotopic (exact) mass is 399 g/mol. The van der Waals surface area contributed by atoms with Gasteiger partial charge >= 0.3 is 5.97 Å². The number of fused-ring (bicyclic) bond motifs is 1. The largest absolute Gasteiger partial charge is 0.466 e. The standard InChI is InChI=1S/C21H19ClFN3O2/c1-2-28-21(27)16-8-14(16)12-5-6-13(17(23)7-12)18-10-26-20(24-18)15(11-3-4-11)9-19(22)25-26/h5-7,9-11,14,16H,2-4,8H2,1H3/t14-,16+/m1/s1. The molecular weight excluding hydrogens is 381 g/mol. The number of carbonyl (C=O) groups excluding carboxylic acids is 1. The Kier molecular flexibility index (Phi) is 4.12. The summed E-state index contributed by atoms with van der Waals surface area (Å²) >= 11 is 6.13. The second kappa shape index (κ2) is 6.55. The molecule has 0 radical (unpaired) electrons. The summed E-state index contributed by atoms with van der Waals surface area (Å²) in [5.74, 6) is -0.221. The number of imidazole rings is 1. The number of ether oxygens (including phenoxy) is 1. The Morgan fingerprint density at radius 2 is 2.18 bits per heavy atom. The fourth-order valence-electron chi connectivity index (χ4n) is 3.84. The molecule has 2 atom stereocenters. The van der Waals surface area contributed by atoms with Crippen molar-refractivity contribution in [3.05, 3.63) is 52.6 Å². The van der Waals surface area contributed by atoms with Crippen molar-refractivity contribution in [3.63, 3.8) is 0 Å². The van der Waals surface area contributed by atoms with Crippen molar-refractivity contribution in [2.24, 2.45) is 5.92 Å². The summed E-state index contributed by atoms with van der Waals surface area (Å²) in [6.45, 7) is 2.15. The number of hydrogen-bond donors (Lipinski definition) is 0. The third kappa shape index (κ3) is 3.05. The molecule has 0 saturated heterocycles. The minimum absolute atomic E-state index is 0.0330. The quantitative estimate of drug-likeness (QED) is 0.582. The van der Waals surface area contributed by atoms with Gasteiger partial charge in [-0.25, -0.2) is 13.9 Å². The lowest BCUT2D eigenvalue weighted by molar-refractivity contribution is -0.144. The number of esters is 1. The van der Waals surface area contributed by atoms with Crippen molar-refractivity contribution < 1.29 is 13.9 Å². The maximum absolute atomic E-state index is 14.9. The van der Waals surface area contributed by atoms with Gasteiger partial charge in [0.25, 0.3) is 0 Å². The van der Waals surface area contributed by atoms with Gasteiger partial charge in [-0.2, -0.15) is 5.10 Å². The van der Waals surface area contributed by atoms with E-state index in [9.17, 15) is 9.18 Å². The number of aromatic nitrogens is 3. The SMILES string of the molecule is CCOC(=O)[C@H]1C[C@@H]1c1ccc(-c2cn3nc(Cl)cc(C4CC4)c3n2)c(F)c1. The average Bonchev–Trinajstić information content (AvgIpc) is 3.57. The molecule has 2 aromatic heterocycles. The average molecular weight is 400 g/mol. The van der Waals surface area contributed by atoms with Gasteiger partial charge in [0.2, 0.25) is 0 Å². The van der Waals surface area contributed by atoms with E-state index in [-0.39, 0.29) is 23.6 Å². The van der Waals surface area contributed by atoms with E-state index in [0.29, 0.717) is 35.4 Å². The van der Waals surface area contributed by atoms with E-state index in [1.807, 2.05) is 12.1 Å². The van der Waals surface area contributed by atoms with E-state index in [1.165, 1.54) is 6.07 Å². The lowest BCUT2D eigenvalue weighted by Crippen LogP contribution is -2.07. The van der Waals surface area contributed by atoms with Gasteiger partial charge < -0.3 is 4.74 Å². The highest BCUT2D eigenvalue weighted by atomic mass is 35.5. The van der Waals surface area contributed by atoms with Crippen LogP contribution in [0.25, 0.3) is 16.9 Å². The predicted molar refractivity (Wildman–Crippen MR) is 103 cm³/mol. The fraction of sp³-hybridized carbons (Fsp3) is 0.381. The van der Waals surface area contributed by atoms with Gasteiger partial charge in [0.1, 0.15) is 11.0 Å². The van der Waals surface area contributed by atoms with Gasteiger partial charge in [0.05, 0.1) is 24.4 Å². The Bertz CT molecular complexity index is 1090. The molecule has 1 aromatic carbocycles. The number of nitrogens with zero attached hydrogens (tertiary/aromatic N) is 3. The first kappa shape index (κ1) is 17.6. The second-order valence-corrected chi connectivity index (χ2v) is 7.92. The second-order valence-electron chi connectivity index (χ2n) is 7.53. The lowest BCUT2D eigenvalue weighted by Gasteiger charge is -2.04. The van der Waals surface area contributed by atoms with Crippen LogP contribution >= 0.6 is 11.6 Å². The predicted octanol–water partition coefficient (Wildman–Crippen LogP) is 4.73. The molecule has 5 nitrogen and oxygen atoms in total. The third-order valence-corrected chi connectivity index (χ3v) is 5.70. The molecule has 5 rings (SSSR count). The molecule has 2 aliphatic rings. The molecule has 2 aliphatic carbocycles. The van der Waals surface area contributed by atoms with Gasteiger partial charge in [-0.05, 0) is 61.8 Å². The summed E-state index contributed by atoms with van der Waals surface area (Å²) < 4.78 is 21.6. The maximum atomic E-state index is 14.9. The minimum atomic E-state index is -0.352. The van der Waals surface area contributed by atoms with Gasteiger partial charge in [0, 0.05) is 11.1 Å². The van der Waals surface area contributed by atoms with Crippen LogP contribution in [-0.4, -0.2) is 27.2 Å². The molecule has 0 N–H and O–H groups in total. The van der Waals surface area contributed by atoms with Crippen LogP contribution in [0.15, 0.2) is 30.5 Å². The van der Waals surface area contributed by atoms with Crippen molar-refractivity contribution in [2.45, 2.75) is 38.0 Å². The summed E-state index contributed by atoms with van der Waals surface area (Å²) in [7, 11) is 0. The highest BCUT2D eigenvalue weighted by Crippen LogP contribution is 2.49. The highest BCUT2D eigenvalue weighted by molar-refractivity contribution is 6.29. The van der Waals surface area contributed by atoms with Gasteiger partial charge in [-0.3, -0.25) is 4.79 Å². The molecule has 7 heteroatoms. The topological polar surface area (TPSA) is 56.5 Å². The zero-order valence-electron chi connectivity index (χ0n) is 15.4. The van der Waals surface area contributed by atoms with Crippen LogP contribution < -0.4 is 0 Å². The first-order valence-electron chi connectivity index (χ1n) is 9.57. The number of halogens is 2. The Hall–Kier alpha value is -2.47. The van der Waals surface area contributed by atoms with E-state index < -0.39 is 0 Å². The van der Waals surface area contributed by atoms with Crippen molar-refractivity contribution in [2.75, 3.05) is 6.61 Å². The molecular formula is C21H19ClFN3O2. The molecule has 2 saturated carbocycles. The Balaban J connectivity index is 1.46. The van der Waals surface area contributed by atoms with Crippen molar-refractivity contribution in [3.8, 4) is 11.3 Å². The van der Waals surface area contributed by atoms with Gasteiger partial charge in [0.15, 0.2) is 5.65 Å². The Morgan fingerprint density at radius 3 is 2.89 bits per heavy atom. The molecule has 2 fully saturated rings. The van der Waals surface area contributed by atoms with Crippen molar-refractivity contribution >= 4 is 23.2 Å². The van der Waals surface area contributed by atoms with Crippen LogP contribution in [0.5, 0.6) is 0 Å². The van der Waals surface area contributed by atoms with Gasteiger partial charge in [-0.1, -0.05) is 17.7 Å². The smallest absolute Gasteiger partial charge is 0.309 e. The Morgan fingerprint density at radius 1 is 1.36 bits per heavy atom. The van der Waals surface area contributed by atoms with Crippen LogP contribution in [0, 0.1) is 11.7 Å². The number of rotatable bonds is 5. The summed E-state index contributed by atoms with van der Waals surface area (Å²) in [5, 5.41) is 4.68. The van der Waals surface area contributed by atoms with Gasteiger partial charge in [-0.15, -0.1) is 0 Å². The molecule has 144 valence electrons. The molecule has 2 heterocycles. The number of carbonyl (C=O) groups is 1. The van der Waals surface area contributed by atoms with Crippen molar-refractivity contribution in [1.82, 2.24) is 14.6 Å². The van der Waals surface area contributed by atoms with Crippen LogP contribution in [-0.2, 0) is 9.53 Å². The summed E-state index contributed by atoms with van der Waals surface area (Å²) in [5.41, 5.74) is 3.57. The molecule has 0 bridgehead atoms. The Labute approximate surface area is 166 Å². The van der Waals surface area contributed by atoms with Crippen LogP contribution in [0.1, 0.15) is 49.1 Å². The molecule has 0 spiro atoms. The van der Waals surface area contributed by atoms with Crippen LogP contribution in [0.3, 0.4) is 0 Å². The van der Waals surface area contributed by atoms with E-state index in [1.54, 1.807) is 23.7 Å². The fourth-order valence-corrected chi connectivity index (χ4v) is 4.04. The summed E-state index contributed by atoms with van der Waals surface area (Å²) in [6, 6.07) is 6.96. The molecule has 28 heavy (non-hydrogen) atoms. The maximum Gasteiger partial charge on any atom is 0.309 e. The number of hydrogen-bond acceptors (Lipinski definition) is 4. The first-order chi connectivity index (χ1) is 13.5. The van der Waals surface area contributed by atoms with E-state index in [0.717, 1.165) is 29.6 Å². The normalized spacial score (nSPS) is 21.1. The zero-order chi connectivity index (χ0) is 19.4. The third-order valence-electron chi connectivity index (χ3n) is 5.52. The lowest BCUT2D eigenvalue weighted by atomic mass is 10.0. The summed E-state index contributed by atoms with van der Waals surface area (Å²) in [4.78, 5) is 16.5. The number of benzene rings is 1. The molecule has 3 aromatic rings. The summed E-state index contributed by atoms with van der Waals surface area (Å²) in [6.07, 6.45) is 4.65. The molecule has 0 aliphatic heterocycles. The van der Waals surface area contributed by atoms with Crippen molar-refractivity contribution in [1.29, 1.82) is 0 Å². The van der Waals surface area contributed by atoms with E-state index in [4.69, 9.17) is 16.3 Å². The molecule has 0 unspecified atom stereocenters. The van der Waals surface area contributed by atoms with E-state index in [2.05, 4.69) is 10.1 Å².